The molecular formula is C24H35ClN2OSi. The number of pyridine rings is 1. The monoisotopic (exact) mass is 430 g/mol. The number of halogens is 1. The Labute approximate surface area is 182 Å². The van der Waals surface area contributed by atoms with E-state index < -0.39 is 8.32 Å². The van der Waals surface area contributed by atoms with E-state index in [1.165, 1.54) is 11.1 Å². The zero-order valence-corrected chi connectivity index (χ0v) is 20.2. The predicted molar refractivity (Wildman–Crippen MR) is 125 cm³/mol. The van der Waals surface area contributed by atoms with Gasteiger partial charge in [-0.05, 0) is 47.7 Å². The molecule has 0 saturated carbocycles. The first-order valence-corrected chi connectivity index (χ1v) is 14.0. The van der Waals surface area contributed by atoms with Crippen molar-refractivity contribution in [1.29, 1.82) is 0 Å². The second kappa shape index (κ2) is 9.30. The Morgan fingerprint density at radius 1 is 1.10 bits per heavy atom. The molecule has 2 atom stereocenters. The van der Waals surface area contributed by atoms with Crippen LogP contribution in [0.3, 0.4) is 0 Å². The van der Waals surface area contributed by atoms with Crippen LogP contribution in [0.25, 0.3) is 0 Å². The topological polar surface area (TPSA) is 25.4 Å². The minimum absolute atomic E-state index is 0.244. The maximum atomic E-state index is 6.50. The van der Waals surface area contributed by atoms with Gasteiger partial charge in [-0.25, -0.2) is 4.98 Å². The number of hydrogen-bond donors (Lipinski definition) is 0. The molecule has 2 heterocycles. The van der Waals surface area contributed by atoms with Crippen molar-refractivity contribution in [1.82, 2.24) is 9.88 Å². The second-order valence-electron chi connectivity index (χ2n) is 9.83. The van der Waals surface area contributed by atoms with Crippen LogP contribution in [-0.2, 0) is 11.0 Å². The van der Waals surface area contributed by atoms with Crippen molar-refractivity contribution >= 4 is 19.9 Å². The second-order valence-corrected chi connectivity index (χ2v) is 15.0. The number of benzene rings is 1. The Morgan fingerprint density at radius 2 is 1.83 bits per heavy atom. The van der Waals surface area contributed by atoms with Crippen LogP contribution in [0.4, 0.5) is 0 Å². The Morgan fingerprint density at radius 3 is 2.48 bits per heavy atom. The molecule has 2 aromatic rings. The molecule has 5 heteroatoms. The van der Waals surface area contributed by atoms with Crippen LogP contribution in [0.15, 0.2) is 48.7 Å². The Bertz CT molecular complexity index is 791. The fourth-order valence-corrected chi connectivity index (χ4v) is 5.25. The average Bonchev–Trinajstić information content (AvgIpc) is 3.04. The highest BCUT2D eigenvalue weighted by Crippen LogP contribution is 2.40. The lowest BCUT2D eigenvalue weighted by Gasteiger charge is -2.36. The molecule has 0 bridgehead atoms. The van der Waals surface area contributed by atoms with E-state index in [-0.39, 0.29) is 5.04 Å². The van der Waals surface area contributed by atoms with Gasteiger partial charge in [0.1, 0.15) is 5.15 Å². The smallest absolute Gasteiger partial charge is 0.191 e. The van der Waals surface area contributed by atoms with E-state index in [0.29, 0.717) is 17.0 Å². The summed E-state index contributed by atoms with van der Waals surface area (Å²) in [5.41, 5.74) is 2.55. The van der Waals surface area contributed by atoms with Gasteiger partial charge in [0.15, 0.2) is 8.32 Å². The first kappa shape index (κ1) is 22.5. The summed E-state index contributed by atoms with van der Waals surface area (Å²) in [5, 5.41) is 0.892. The minimum Gasteiger partial charge on any atom is -0.417 e. The summed E-state index contributed by atoms with van der Waals surface area (Å²) in [6, 6.07) is 14.9. The van der Waals surface area contributed by atoms with E-state index in [1.54, 1.807) is 6.20 Å². The molecule has 1 aliphatic heterocycles. The first-order chi connectivity index (χ1) is 13.7. The molecule has 29 heavy (non-hydrogen) atoms. The highest BCUT2D eigenvalue weighted by Gasteiger charge is 2.39. The third kappa shape index (κ3) is 5.69. The molecule has 0 N–H and O–H groups in total. The molecule has 1 saturated heterocycles. The lowest BCUT2D eigenvalue weighted by Crippen LogP contribution is -2.41. The van der Waals surface area contributed by atoms with E-state index in [9.17, 15) is 0 Å². The zero-order valence-electron chi connectivity index (χ0n) is 18.5. The summed E-state index contributed by atoms with van der Waals surface area (Å²) >= 11 is 6.49. The number of likely N-dealkylation sites (tertiary alicyclic amines) is 1. The molecule has 3 rings (SSSR count). The van der Waals surface area contributed by atoms with E-state index in [0.717, 1.165) is 32.7 Å². The van der Waals surface area contributed by atoms with Crippen LogP contribution >= 0.6 is 11.6 Å². The van der Waals surface area contributed by atoms with Gasteiger partial charge >= 0.3 is 0 Å². The van der Waals surface area contributed by atoms with Gasteiger partial charge in [-0.3, -0.25) is 4.90 Å². The average molecular weight is 431 g/mol. The van der Waals surface area contributed by atoms with Gasteiger partial charge in [0.05, 0.1) is 0 Å². The van der Waals surface area contributed by atoms with E-state index in [1.807, 2.05) is 6.07 Å². The maximum Gasteiger partial charge on any atom is 0.191 e. The lowest BCUT2D eigenvalue weighted by atomic mass is 9.88. The van der Waals surface area contributed by atoms with E-state index in [4.69, 9.17) is 16.0 Å². The lowest BCUT2D eigenvalue weighted by molar-refractivity contribution is 0.245. The van der Waals surface area contributed by atoms with Crippen molar-refractivity contribution in [3.63, 3.8) is 0 Å². The van der Waals surface area contributed by atoms with E-state index >= 15 is 0 Å². The van der Waals surface area contributed by atoms with Gasteiger partial charge in [0.25, 0.3) is 0 Å². The van der Waals surface area contributed by atoms with E-state index in [2.05, 4.69) is 80.1 Å². The van der Waals surface area contributed by atoms with Crippen LogP contribution in [0.2, 0.25) is 23.3 Å². The minimum atomic E-state index is -1.72. The highest BCUT2D eigenvalue weighted by atomic mass is 35.5. The third-order valence-electron chi connectivity index (χ3n) is 6.71. The Balaban J connectivity index is 1.70. The number of rotatable bonds is 7. The summed E-state index contributed by atoms with van der Waals surface area (Å²) in [6.45, 7) is 15.5. The molecule has 1 aromatic carbocycles. The molecule has 2 unspecified atom stereocenters. The van der Waals surface area contributed by atoms with Crippen molar-refractivity contribution in [2.24, 2.45) is 5.92 Å². The fourth-order valence-electron chi connectivity index (χ4n) is 3.93. The summed E-state index contributed by atoms with van der Waals surface area (Å²) in [6.07, 6.45) is 2.84. The fraction of sp³-hybridized carbons (Fsp3) is 0.542. The van der Waals surface area contributed by atoms with Gasteiger partial charge in [0.2, 0.25) is 0 Å². The van der Waals surface area contributed by atoms with Crippen LogP contribution in [-0.4, -0.2) is 37.9 Å². The molecule has 1 fully saturated rings. The summed E-state index contributed by atoms with van der Waals surface area (Å²) in [4.78, 5) is 6.90. The molecule has 1 aliphatic rings. The molecule has 3 nitrogen and oxygen atoms in total. The maximum absolute atomic E-state index is 6.50. The SMILES string of the molecule is CC(C)(C)[Si](C)(C)OCCC1CN(Cc2ccccc2)CC1c1cccnc1Cl. The van der Waals surface area contributed by atoms with Gasteiger partial charge in [0, 0.05) is 38.4 Å². The normalized spacial score (nSPS) is 20.9. The molecule has 0 radical (unpaired) electrons. The van der Waals surface area contributed by atoms with Crippen molar-refractivity contribution in [3.05, 3.63) is 64.9 Å². The molecule has 0 spiro atoms. The molecular weight excluding hydrogens is 396 g/mol. The Hall–Kier alpha value is -1.20. The summed E-state index contributed by atoms with van der Waals surface area (Å²) < 4.78 is 6.50. The van der Waals surface area contributed by atoms with Crippen molar-refractivity contribution < 1.29 is 4.43 Å². The summed E-state index contributed by atoms with van der Waals surface area (Å²) in [7, 11) is -1.72. The molecule has 0 amide bonds. The largest absolute Gasteiger partial charge is 0.417 e. The zero-order chi connectivity index (χ0) is 21.1. The first-order valence-electron chi connectivity index (χ1n) is 10.7. The summed E-state index contributed by atoms with van der Waals surface area (Å²) in [5.74, 6) is 0.938. The Kier molecular flexibility index (Phi) is 7.21. The number of nitrogens with zero attached hydrogens (tertiary/aromatic N) is 2. The van der Waals surface area contributed by atoms with Crippen molar-refractivity contribution in [2.45, 2.75) is 57.8 Å². The standard InChI is InChI=1S/C24H35ClN2OSi/c1-24(2,3)29(4,5)28-15-13-20-17-27(16-19-10-7-6-8-11-19)18-22(20)21-12-9-14-26-23(21)25/h6-12,14,20,22H,13,15-18H2,1-5H3. The van der Waals surface area contributed by atoms with Crippen molar-refractivity contribution in [2.75, 3.05) is 19.7 Å². The highest BCUT2D eigenvalue weighted by molar-refractivity contribution is 6.74. The van der Waals surface area contributed by atoms with Crippen LogP contribution in [0.1, 0.15) is 44.2 Å². The number of aromatic nitrogens is 1. The molecule has 0 aliphatic carbocycles. The predicted octanol–water partition coefficient (Wildman–Crippen LogP) is 6.36. The van der Waals surface area contributed by atoms with Gasteiger partial charge in [-0.15, -0.1) is 0 Å². The van der Waals surface area contributed by atoms with Gasteiger partial charge < -0.3 is 4.43 Å². The third-order valence-corrected chi connectivity index (χ3v) is 11.6. The number of hydrogen-bond acceptors (Lipinski definition) is 3. The molecule has 158 valence electrons. The van der Waals surface area contributed by atoms with Crippen LogP contribution < -0.4 is 0 Å². The van der Waals surface area contributed by atoms with Gasteiger partial charge in [-0.1, -0.05) is 68.8 Å². The van der Waals surface area contributed by atoms with Gasteiger partial charge in [-0.2, -0.15) is 0 Å². The quantitative estimate of drug-likeness (QED) is 0.377. The molecule has 1 aromatic heterocycles. The van der Waals surface area contributed by atoms with Crippen LogP contribution in [0.5, 0.6) is 0 Å². The van der Waals surface area contributed by atoms with Crippen LogP contribution in [0, 0.1) is 5.92 Å². The van der Waals surface area contributed by atoms with Crippen molar-refractivity contribution in [3.8, 4) is 0 Å².